The molecule has 1 aliphatic rings. The number of aromatic nitrogens is 3. The van der Waals surface area contributed by atoms with E-state index in [0.29, 0.717) is 17.3 Å². The van der Waals surface area contributed by atoms with E-state index in [1.165, 1.54) is 0 Å². The summed E-state index contributed by atoms with van der Waals surface area (Å²) >= 11 is 6.19. The van der Waals surface area contributed by atoms with E-state index < -0.39 is 17.3 Å². The maximum Gasteiger partial charge on any atom is 0.331 e. The number of hydrogen-bond acceptors (Lipinski definition) is 5. The van der Waals surface area contributed by atoms with E-state index >= 15 is 0 Å². The quantitative estimate of drug-likeness (QED) is 0.380. The molecule has 5 rings (SSSR count). The molecule has 0 saturated carbocycles. The van der Waals surface area contributed by atoms with Crippen molar-refractivity contribution < 1.29 is 9.84 Å². The van der Waals surface area contributed by atoms with Crippen molar-refractivity contribution in [1.82, 2.24) is 19.9 Å². The molecule has 1 atom stereocenters. The fraction of sp³-hybridized carbons (Fsp3) is 0.217. The van der Waals surface area contributed by atoms with E-state index in [-0.39, 0.29) is 18.0 Å². The number of halogens is 1. The van der Waals surface area contributed by atoms with E-state index in [1.54, 1.807) is 37.4 Å². The van der Waals surface area contributed by atoms with Gasteiger partial charge in [-0.3, -0.25) is 14.3 Å². The average Bonchev–Trinajstić information content (AvgIpc) is 3.15. The van der Waals surface area contributed by atoms with Crippen LogP contribution in [0.3, 0.4) is 0 Å². The highest BCUT2D eigenvalue weighted by atomic mass is 35.5. The zero-order valence-corrected chi connectivity index (χ0v) is 18.0. The van der Waals surface area contributed by atoms with Crippen LogP contribution in [0.2, 0.25) is 5.02 Å². The lowest BCUT2D eigenvalue weighted by atomic mass is 9.95. The van der Waals surface area contributed by atoms with Crippen LogP contribution in [-0.2, 0) is 13.0 Å². The predicted molar refractivity (Wildman–Crippen MR) is 122 cm³/mol. The second-order valence-corrected chi connectivity index (χ2v) is 8.21. The molecular formula is C23H21ClN4O4. The average molecular weight is 453 g/mol. The number of aromatic hydroxyl groups is 1. The fourth-order valence-corrected chi connectivity index (χ4v) is 4.51. The third kappa shape index (κ3) is 3.37. The zero-order chi connectivity index (χ0) is 22.4. The summed E-state index contributed by atoms with van der Waals surface area (Å²) in [6.45, 7) is 0.702. The van der Waals surface area contributed by atoms with Crippen LogP contribution in [0.4, 0.5) is 0 Å². The van der Waals surface area contributed by atoms with Gasteiger partial charge < -0.3 is 20.1 Å². The van der Waals surface area contributed by atoms with E-state index in [1.807, 2.05) is 12.1 Å². The van der Waals surface area contributed by atoms with Gasteiger partial charge >= 0.3 is 5.69 Å². The largest absolute Gasteiger partial charge is 0.497 e. The highest BCUT2D eigenvalue weighted by Gasteiger charge is 2.31. The number of benzene rings is 2. The number of rotatable bonds is 4. The Morgan fingerprint density at radius 2 is 1.94 bits per heavy atom. The third-order valence-corrected chi connectivity index (χ3v) is 6.14. The third-order valence-electron chi connectivity index (χ3n) is 5.91. The fourth-order valence-electron chi connectivity index (χ4n) is 4.34. The molecule has 0 amide bonds. The highest BCUT2D eigenvalue weighted by molar-refractivity contribution is 6.31. The smallest absolute Gasteiger partial charge is 0.331 e. The van der Waals surface area contributed by atoms with Crippen LogP contribution < -0.4 is 21.3 Å². The van der Waals surface area contributed by atoms with Crippen molar-refractivity contribution >= 4 is 22.5 Å². The normalized spacial score (nSPS) is 15.6. The van der Waals surface area contributed by atoms with Crippen LogP contribution in [0.15, 0.2) is 52.1 Å². The first kappa shape index (κ1) is 20.4. The zero-order valence-electron chi connectivity index (χ0n) is 17.2. The van der Waals surface area contributed by atoms with Gasteiger partial charge in [0.05, 0.1) is 19.7 Å². The van der Waals surface area contributed by atoms with Gasteiger partial charge in [-0.2, -0.15) is 0 Å². The number of hydrogen-bond donors (Lipinski definition) is 4. The number of nitrogens with one attached hydrogen (secondary N) is 3. The van der Waals surface area contributed by atoms with Crippen molar-refractivity contribution in [2.45, 2.75) is 19.0 Å². The van der Waals surface area contributed by atoms with Crippen molar-refractivity contribution in [3.05, 3.63) is 90.7 Å². The number of ether oxygens (including phenoxy) is 1. The molecule has 1 aliphatic heterocycles. The number of methoxy groups -OCH3 is 1. The first-order chi connectivity index (χ1) is 15.5. The first-order valence-electron chi connectivity index (χ1n) is 10.2. The minimum Gasteiger partial charge on any atom is -0.497 e. The molecule has 4 aromatic rings. The minimum absolute atomic E-state index is 0.0942. The van der Waals surface area contributed by atoms with Crippen LogP contribution in [0, 0.1) is 0 Å². The molecule has 3 heterocycles. The summed E-state index contributed by atoms with van der Waals surface area (Å²) in [6, 6.07) is 12.1. The lowest BCUT2D eigenvalue weighted by molar-refractivity contribution is 0.390. The van der Waals surface area contributed by atoms with E-state index in [9.17, 15) is 14.7 Å². The van der Waals surface area contributed by atoms with E-state index in [4.69, 9.17) is 16.3 Å². The molecular weight excluding hydrogens is 432 g/mol. The van der Waals surface area contributed by atoms with E-state index in [0.717, 1.165) is 38.7 Å². The molecule has 0 radical (unpaired) electrons. The van der Waals surface area contributed by atoms with Gasteiger partial charge in [0.15, 0.2) is 0 Å². The molecule has 9 heteroatoms. The SMILES string of the molecule is COc1ccc(Cn2c(O)c([C@@H]3NCCc4c3[nH]c3ccc(Cl)cc43)c(=O)[nH]c2=O)cc1. The molecule has 0 fully saturated rings. The Bertz CT molecular complexity index is 1440. The maximum atomic E-state index is 12.8. The molecule has 2 aromatic carbocycles. The van der Waals surface area contributed by atoms with Crippen LogP contribution in [0.1, 0.15) is 28.4 Å². The molecule has 164 valence electrons. The van der Waals surface area contributed by atoms with Gasteiger partial charge in [0.2, 0.25) is 5.88 Å². The molecule has 0 bridgehead atoms. The summed E-state index contributed by atoms with van der Waals surface area (Å²) in [5.74, 6) is 0.321. The summed E-state index contributed by atoms with van der Waals surface area (Å²) in [4.78, 5) is 31.0. The predicted octanol–water partition coefficient (Wildman–Crippen LogP) is 2.67. The highest BCUT2D eigenvalue weighted by Crippen LogP contribution is 2.35. The Morgan fingerprint density at radius 3 is 2.69 bits per heavy atom. The summed E-state index contributed by atoms with van der Waals surface area (Å²) in [5.41, 5.74) is 2.29. The number of aromatic amines is 2. The van der Waals surface area contributed by atoms with Crippen LogP contribution in [0.5, 0.6) is 11.6 Å². The molecule has 8 nitrogen and oxygen atoms in total. The van der Waals surface area contributed by atoms with Gasteiger partial charge in [-0.1, -0.05) is 23.7 Å². The standard InChI is InChI=1S/C23H21ClN4O4/c1-32-14-5-2-12(3-6-14)11-28-22(30)18(21(29)27-23(28)31)20-19-15(8-9-25-20)16-10-13(24)4-7-17(16)26-19/h2-7,10,20,25-26,30H,8-9,11H2,1H3,(H,27,29,31)/t20-/m0/s1. The molecule has 0 saturated heterocycles. The topological polar surface area (TPSA) is 112 Å². The van der Waals surface area contributed by atoms with E-state index in [2.05, 4.69) is 15.3 Å². The second kappa shape index (κ2) is 7.89. The van der Waals surface area contributed by atoms with Gasteiger partial charge in [-0.15, -0.1) is 0 Å². The number of fused-ring (bicyclic) bond motifs is 3. The summed E-state index contributed by atoms with van der Waals surface area (Å²) in [7, 11) is 1.57. The van der Waals surface area contributed by atoms with Crippen molar-refractivity contribution in [3.63, 3.8) is 0 Å². The molecule has 0 spiro atoms. The monoisotopic (exact) mass is 452 g/mol. The molecule has 0 aliphatic carbocycles. The Hall–Kier alpha value is -3.49. The molecule has 32 heavy (non-hydrogen) atoms. The van der Waals surface area contributed by atoms with Crippen LogP contribution in [-0.4, -0.2) is 33.3 Å². The Morgan fingerprint density at radius 1 is 1.16 bits per heavy atom. The van der Waals surface area contributed by atoms with Crippen molar-refractivity contribution in [2.75, 3.05) is 13.7 Å². The lowest BCUT2D eigenvalue weighted by Crippen LogP contribution is -2.39. The summed E-state index contributed by atoms with van der Waals surface area (Å²) in [5, 5.41) is 16.0. The second-order valence-electron chi connectivity index (χ2n) is 7.78. The van der Waals surface area contributed by atoms with Gasteiger partial charge in [-0.25, -0.2) is 4.79 Å². The van der Waals surface area contributed by atoms with Crippen LogP contribution in [0.25, 0.3) is 10.9 Å². The van der Waals surface area contributed by atoms with Crippen molar-refractivity contribution in [1.29, 1.82) is 0 Å². The minimum atomic E-state index is -0.675. The van der Waals surface area contributed by atoms with Crippen LogP contribution >= 0.6 is 11.6 Å². The maximum absolute atomic E-state index is 12.8. The summed E-state index contributed by atoms with van der Waals surface area (Å²) < 4.78 is 6.32. The van der Waals surface area contributed by atoms with Gasteiger partial charge in [0, 0.05) is 28.2 Å². The molecule has 4 N–H and O–H groups in total. The van der Waals surface area contributed by atoms with Gasteiger partial charge in [0.25, 0.3) is 5.56 Å². The lowest BCUT2D eigenvalue weighted by Gasteiger charge is -2.25. The Balaban J connectivity index is 1.62. The molecule has 2 aromatic heterocycles. The number of H-pyrrole nitrogens is 2. The summed E-state index contributed by atoms with van der Waals surface area (Å²) in [6.07, 6.45) is 0.746. The van der Waals surface area contributed by atoms with Gasteiger partial charge in [-0.05, 0) is 47.9 Å². The Labute approximate surface area is 187 Å². The molecule has 0 unspecified atom stereocenters. The Kier molecular flexibility index (Phi) is 5.03. The van der Waals surface area contributed by atoms with Crippen molar-refractivity contribution in [3.8, 4) is 11.6 Å². The number of nitrogens with zero attached hydrogens (tertiary/aromatic N) is 1. The first-order valence-corrected chi connectivity index (χ1v) is 10.6. The van der Waals surface area contributed by atoms with Crippen molar-refractivity contribution in [2.24, 2.45) is 0 Å². The van der Waals surface area contributed by atoms with Gasteiger partial charge in [0.1, 0.15) is 11.3 Å².